The average molecular weight is 395 g/mol. The summed E-state index contributed by atoms with van der Waals surface area (Å²) in [5.41, 5.74) is 5.17. The maximum absolute atomic E-state index is 12.5. The summed E-state index contributed by atoms with van der Waals surface area (Å²) in [6.45, 7) is 3.91. The smallest absolute Gasteiger partial charge is 0.237 e. The first-order chi connectivity index (χ1) is 13.4. The number of nitrogens with zero attached hydrogens (tertiary/aromatic N) is 2. The fourth-order valence-electron chi connectivity index (χ4n) is 2.79. The predicted molar refractivity (Wildman–Crippen MR) is 117 cm³/mol. The van der Waals surface area contributed by atoms with Gasteiger partial charge in [-0.15, -0.1) is 0 Å². The number of aryl methyl sites for hydroxylation is 1. The van der Waals surface area contributed by atoms with E-state index in [9.17, 15) is 4.79 Å². The summed E-state index contributed by atoms with van der Waals surface area (Å²) >= 11 is 1.44. The molecule has 0 bridgehead atoms. The van der Waals surface area contributed by atoms with Gasteiger partial charge in [0.25, 0.3) is 0 Å². The second-order valence-electron chi connectivity index (χ2n) is 6.97. The maximum Gasteiger partial charge on any atom is 0.237 e. The zero-order chi connectivity index (χ0) is 20.1. The quantitative estimate of drug-likeness (QED) is 0.580. The topological polar surface area (TPSA) is 61.0 Å². The number of H-pyrrole nitrogens is 1. The number of anilines is 2. The van der Waals surface area contributed by atoms with Crippen LogP contribution in [0.1, 0.15) is 23.9 Å². The molecule has 3 rings (SSSR count). The van der Waals surface area contributed by atoms with Gasteiger partial charge in [0.1, 0.15) is 0 Å². The highest BCUT2D eigenvalue weighted by atomic mass is 32.2. The van der Waals surface area contributed by atoms with Crippen LogP contribution in [0.15, 0.2) is 59.8 Å². The van der Waals surface area contributed by atoms with E-state index in [1.807, 2.05) is 75.3 Å². The Labute approximate surface area is 170 Å². The van der Waals surface area contributed by atoms with E-state index in [2.05, 4.69) is 27.4 Å². The minimum atomic E-state index is -0.261. The Kier molecular flexibility index (Phi) is 6.41. The molecule has 1 aromatic heterocycles. The summed E-state index contributed by atoms with van der Waals surface area (Å²) in [5, 5.41) is 3.48. The van der Waals surface area contributed by atoms with Crippen LogP contribution in [0, 0.1) is 6.92 Å². The van der Waals surface area contributed by atoms with Crippen molar-refractivity contribution in [2.75, 3.05) is 24.3 Å². The van der Waals surface area contributed by atoms with Crippen molar-refractivity contribution in [1.29, 1.82) is 0 Å². The molecule has 1 atom stereocenters. The molecular weight excluding hydrogens is 368 g/mol. The molecule has 1 amide bonds. The summed E-state index contributed by atoms with van der Waals surface area (Å²) in [7, 11) is 3.98. The Bertz CT molecular complexity index is 919. The zero-order valence-electron chi connectivity index (χ0n) is 16.7. The number of carbonyl (C=O) groups is 1. The zero-order valence-corrected chi connectivity index (χ0v) is 17.5. The monoisotopic (exact) mass is 394 g/mol. The van der Waals surface area contributed by atoms with E-state index in [0.717, 1.165) is 34.3 Å². The van der Waals surface area contributed by atoms with E-state index in [1.54, 1.807) is 0 Å². The number of hydrogen-bond donors (Lipinski definition) is 2. The van der Waals surface area contributed by atoms with Crippen LogP contribution in [-0.2, 0) is 11.2 Å². The lowest BCUT2D eigenvalue weighted by Gasteiger charge is -2.14. The third-order valence-corrected chi connectivity index (χ3v) is 5.47. The number of rotatable bonds is 7. The maximum atomic E-state index is 12.5. The SMILES string of the molecule is Cc1[nH]c(SC(C)C(=O)Nc2ccc(N(C)C)cc2)nc1Cc1ccccc1. The second kappa shape index (κ2) is 8.97. The molecule has 6 heteroatoms. The van der Waals surface area contributed by atoms with Gasteiger partial charge in [0.2, 0.25) is 5.91 Å². The van der Waals surface area contributed by atoms with Crippen molar-refractivity contribution < 1.29 is 4.79 Å². The number of thioether (sulfide) groups is 1. The second-order valence-corrected chi connectivity index (χ2v) is 8.30. The number of aromatic amines is 1. The van der Waals surface area contributed by atoms with Crippen LogP contribution in [0.4, 0.5) is 11.4 Å². The van der Waals surface area contributed by atoms with Crippen molar-refractivity contribution in [2.45, 2.75) is 30.7 Å². The number of aromatic nitrogens is 2. The molecule has 2 aromatic carbocycles. The highest BCUT2D eigenvalue weighted by molar-refractivity contribution is 8.00. The van der Waals surface area contributed by atoms with Crippen molar-refractivity contribution in [1.82, 2.24) is 9.97 Å². The Morgan fingerprint density at radius 1 is 1.14 bits per heavy atom. The van der Waals surface area contributed by atoms with Gasteiger partial charge in [0.15, 0.2) is 5.16 Å². The van der Waals surface area contributed by atoms with Crippen LogP contribution in [-0.4, -0.2) is 35.2 Å². The first-order valence-corrected chi connectivity index (χ1v) is 10.1. The van der Waals surface area contributed by atoms with Crippen molar-refractivity contribution in [2.24, 2.45) is 0 Å². The number of amides is 1. The molecule has 0 radical (unpaired) electrons. The first kappa shape index (κ1) is 20.0. The molecule has 0 aliphatic rings. The van der Waals surface area contributed by atoms with Gasteiger partial charge in [-0.3, -0.25) is 4.79 Å². The summed E-state index contributed by atoms with van der Waals surface area (Å²) in [4.78, 5) is 22.5. The molecule has 0 aliphatic carbocycles. The Balaban J connectivity index is 1.60. The van der Waals surface area contributed by atoms with Gasteiger partial charge in [0, 0.05) is 37.6 Å². The highest BCUT2D eigenvalue weighted by Gasteiger charge is 2.18. The molecule has 0 saturated heterocycles. The Morgan fingerprint density at radius 2 is 1.82 bits per heavy atom. The van der Waals surface area contributed by atoms with Gasteiger partial charge < -0.3 is 15.2 Å². The Morgan fingerprint density at radius 3 is 2.46 bits per heavy atom. The molecule has 146 valence electrons. The van der Waals surface area contributed by atoms with Gasteiger partial charge in [-0.2, -0.15) is 0 Å². The fraction of sp³-hybridized carbons (Fsp3) is 0.273. The number of carbonyl (C=O) groups excluding carboxylic acids is 1. The minimum Gasteiger partial charge on any atom is -0.378 e. The van der Waals surface area contributed by atoms with Gasteiger partial charge in [-0.1, -0.05) is 42.1 Å². The minimum absolute atomic E-state index is 0.0405. The molecule has 2 N–H and O–H groups in total. The summed E-state index contributed by atoms with van der Waals surface area (Å²) in [6, 6.07) is 18.1. The standard InChI is InChI=1S/C22H26N4OS/c1-15-20(14-17-8-6-5-7-9-17)25-22(23-15)28-16(2)21(27)24-18-10-12-19(13-11-18)26(3)4/h5-13,16H,14H2,1-4H3,(H,23,25)(H,24,27). The molecule has 0 aliphatic heterocycles. The molecule has 0 spiro atoms. The lowest BCUT2D eigenvalue weighted by Crippen LogP contribution is -2.22. The van der Waals surface area contributed by atoms with Crippen LogP contribution in [0.25, 0.3) is 0 Å². The van der Waals surface area contributed by atoms with Crippen molar-refractivity contribution in [3.8, 4) is 0 Å². The normalized spacial score (nSPS) is 11.9. The van der Waals surface area contributed by atoms with Gasteiger partial charge in [0.05, 0.1) is 10.9 Å². The van der Waals surface area contributed by atoms with Crippen LogP contribution in [0.2, 0.25) is 0 Å². The number of nitrogens with one attached hydrogen (secondary N) is 2. The van der Waals surface area contributed by atoms with Crippen LogP contribution >= 0.6 is 11.8 Å². The third-order valence-electron chi connectivity index (χ3n) is 4.49. The van der Waals surface area contributed by atoms with E-state index in [0.29, 0.717) is 0 Å². The molecule has 5 nitrogen and oxygen atoms in total. The lowest BCUT2D eigenvalue weighted by molar-refractivity contribution is -0.115. The summed E-state index contributed by atoms with van der Waals surface area (Å²) in [6.07, 6.45) is 0.780. The molecule has 1 heterocycles. The van der Waals surface area contributed by atoms with E-state index in [4.69, 9.17) is 0 Å². The molecule has 1 unspecified atom stereocenters. The molecule has 0 saturated carbocycles. The number of benzene rings is 2. The van der Waals surface area contributed by atoms with E-state index >= 15 is 0 Å². The third kappa shape index (κ3) is 5.16. The van der Waals surface area contributed by atoms with Crippen molar-refractivity contribution in [3.63, 3.8) is 0 Å². The number of imidazole rings is 1. The first-order valence-electron chi connectivity index (χ1n) is 9.26. The fourth-order valence-corrected chi connectivity index (χ4v) is 3.67. The largest absolute Gasteiger partial charge is 0.378 e. The van der Waals surface area contributed by atoms with E-state index < -0.39 is 0 Å². The van der Waals surface area contributed by atoms with E-state index in [1.165, 1.54) is 17.3 Å². The molecular formula is C22H26N4OS. The van der Waals surface area contributed by atoms with Crippen LogP contribution < -0.4 is 10.2 Å². The highest BCUT2D eigenvalue weighted by Crippen LogP contribution is 2.24. The number of hydrogen-bond acceptors (Lipinski definition) is 4. The molecule has 28 heavy (non-hydrogen) atoms. The van der Waals surface area contributed by atoms with Crippen molar-refractivity contribution >= 4 is 29.0 Å². The van der Waals surface area contributed by atoms with E-state index in [-0.39, 0.29) is 11.2 Å². The Hall–Kier alpha value is -2.73. The van der Waals surface area contributed by atoms with Crippen LogP contribution in [0.3, 0.4) is 0 Å². The van der Waals surface area contributed by atoms with Crippen LogP contribution in [0.5, 0.6) is 0 Å². The predicted octanol–water partition coefficient (Wildman–Crippen LogP) is 4.49. The summed E-state index contributed by atoms with van der Waals surface area (Å²) < 4.78 is 0. The lowest BCUT2D eigenvalue weighted by atomic mass is 10.1. The molecule has 0 fully saturated rings. The van der Waals surface area contributed by atoms with Gasteiger partial charge in [-0.05, 0) is 43.7 Å². The van der Waals surface area contributed by atoms with Crippen molar-refractivity contribution in [3.05, 3.63) is 71.5 Å². The average Bonchev–Trinajstić information content (AvgIpc) is 3.01. The molecule has 3 aromatic rings. The van der Waals surface area contributed by atoms with Gasteiger partial charge >= 0.3 is 0 Å². The summed E-state index contributed by atoms with van der Waals surface area (Å²) in [5.74, 6) is -0.0405. The van der Waals surface area contributed by atoms with Gasteiger partial charge in [-0.25, -0.2) is 4.98 Å².